The molecule has 3 rings (SSSR count). The van der Waals surface area contributed by atoms with Crippen LogP contribution in [0.25, 0.3) is 0 Å². The van der Waals surface area contributed by atoms with E-state index in [0.717, 1.165) is 21.7 Å². The number of hydrazine groups is 1. The maximum Gasteiger partial charge on any atom is 0.311 e. The molecule has 162 valence electrons. The average Bonchev–Trinajstić information content (AvgIpc) is 3.09. The van der Waals surface area contributed by atoms with Gasteiger partial charge in [-0.25, -0.2) is 0 Å². The van der Waals surface area contributed by atoms with Crippen LogP contribution in [0.2, 0.25) is 0 Å². The summed E-state index contributed by atoms with van der Waals surface area (Å²) in [4.78, 5) is 49.0. The third-order valence-corrected chi connectivity index (χ3v) is 5.09. The Labute approximate surface area is 180 Å². The molecule has 2 aromatic rings. The third kappa shape index (κ3) is 5.48. The number of benzene rings is 2. The molecule has 1 aliphatic rings. The number of rotatable bonds is 6. The summed E-state index contributed by atoms with van der Waals surface area (Å²) in [6.07, 6.45) is -0.0917. The van der Waals surface area contributed by atoms with Gasteiger partial charge in [-0.3, -0.25) is 29.6 Å². The zero-order valence-corrected chi connectivity index (χ0v) is 17.7. The van der Waals surface area contributed by atoms with E-state index in [0.29, 0.717) is 11.3 Å². The minimum atomic E-state index is -0.751. The van der Waals surface area contributed by atoms with Crippen LogP contribution >= 0.6 is 0 Å². The Bertz CT molecular complexity index is 1030. The van der Waals surface area contributed by atoms with Gasteiger partial charge >= 0.3 is 5.97 Å². The minimum absolute atomic E-state index is 0.00598. The first-order valence-electron chi connectivity index (χ1n) is 9.95. The predicted octanol–water partition coefficient (Wildman–Crippen LogP) is 2.29. The molecule has 1 heterocycles. The van der Waals surface area contributed by atoms with E-state index in [1.807, 2.05) is 32.0 Å². The van der Waals surface area contributed by atoms with Crippen LogP contribution in [0.5, 0.6) is 0 Å². The van der Waals surface area contributed by atoms with Gasteiger partial charge in [0.05, 0.1) is 12.5 Å². The molecule has 0 saturated carbocycles. The van der Waals surface area contributed by atoms with Crippen LogP contribution in [0.4, 0.5) is 5.69 Å². The van der Waals surface area contributed by atoms with Crippen LogP contribution in [0.15, 0.2) is 42.5 Å². The summed E-state index contributed by atoms with van der Waals surface area (Å²) in [5.41, 5.74) is 6.39. The van der Waals surface area contributed by atoms with Crippen LogP contribution < -0.4 is 10.7 Å². The molecule has 31 heavy (non-hydrogen) atoms. The van der Waals surface area contributed by atoms with Gasteiger partial charge in [-0.15, -0.1) is 0 Å². The van der Waals surface area contributed by atoms with E-state index in [1.165, 1.54) is 0 Å². The second-order valence-electron chi connectivity index (χ2n) is 7.64. The zero-order chi connectivity index (χ0) is 22.5. The number of amides is 3. The van der Waals surface area contributed by atoms with Gasteiger partial charge in [0.1, 0.15) is 0 Å². The Kier molecular flexibility index (Phi) is 6.69. The molecule has 0 bridgehead atoms. The molecular formula is C23H25N3O5. The largest absolute Gasteiger partial charge is 0.455 e. The van der Waals surface area contributed by atoms with Gasteiger partial charge in [-0.2, -0.15) is 0 Å². The quantitative estimate of drug-likeness (QED) is 0.694. The highest BCUT2D eigenvalue weighted by Crippen LogP contribution is 2.19. The molecule has 3 amide bonds. The fourth-order valence-electron chi connectivity index (χ4n) is 3.38. The lowest BCUT2D eigenvalue weighted by Crippen LogP contribution is -2.43. The highest BCUT2D eigenvalue weighted by Gasteiger charge is 2.36. The van der Waals surface area contributed by atoms with E-state index in [2.05, 4.69) is 10.7 Å². The Morgan fingerprint density at radius 1 is 1.06 bits per heavy atom. The van der Waals surface area contributed by atoms with Crippen molar-refractivity contribution in [3.8, 4) is 0 Å². The van der Waals surface area contributed by atoms with E-state index >= 15 is 0 Å². The van der Waals surface area contributed by atoms with Gasteiger partial charge in [0.15, 0.2) is 6.61 Å². The van der Waals surface area contributed by atoms with Crippen molar-refractivity contribution in [2.45, 2.75) is 27.2 Å². The molecule has 1 aliphatic heterocycles. The predicted molar refractivity (Wildman–Crippen MR) is 114 cm³/mol. The van der Waals surface area contributed by atoms with Crippen molar-refractivity contribution < 1.29 is 23.9 Å². The molecule has 2 N–H and O–H groups in total. The summed E-state index contributed by atoms with van der Waals surface area (Å²) in [6, 6.07) is 12.6. The van der Waals surface area contributed by atoms with Gasteiger partial charge in [0.25, 0.3) is 11.8 Å². The summed E-state index contributed by atoms with van der Waals surface area (Å²) < 4.78 is 5.09. The first-order chi connectivity index (χ1) is 14.7. The maximum absolute atomic E-state index is 12.4. The first kappa shape index (κ1) is 22.0. The summed E-state index contributed by atoms with van der Waals surface area (Å²) >= 11 is 0. The van der Waals surface area contributed by atoms with Crippen LogP contribution in [0, 0.1) is 26.7 Å². The lowest BCUT2D eigenvalue weighted by Gasteiger charge is -2.18. The average molecular weight is 423 g/mol. The number of nitrogens with one attached hydrogen (secondary N) is 2. The molecule has 8 nitrogen and oxygen atoms in total. The Morgan fingerprint density at radius 3 is 2.52 bits per heavy atom. The van der Waals surface area contributed by atoms with Gasteiger partial charge in [-0.05, 0) is 44.0 Å². The molecular weight excluding hydrogens is 398 g/mol. The fraction of sp³-hybridized carbons (Fsp3) is 0.304. The molecule has 0 unspecified atom stereocenters. The Hall–Kier alpha value is -3.68. The summed E-state index contributed by atoms with van der Waals surface area (Å²) in [6.45, 7) is 5.17. The SMILES string of the molecule is Cc1ccc(NC(=O)COC(=O)[C@H]2CC(=O)N(NC(=O)c3ccccc3C)C2)c(C)c1. The summed E-state index contributed by atoms with van der Waals surface area (Å²) in [7, 11) is 0. The van der Waals surface area contributed by atoms with Crippen molar-refractivity contribution in [2.75, 3.05) is 18.5 Å². The normalized spacial score (nSPS) is 15.5. The molecule has 0 radical (unpaired) electrons. The van der Waals surface area contributed by atoms with Gasteiger partial charge in [-0.1, -0.05) is 35.9 Å². The number of nitrogens with zero attached hydrogens (tertiary/aromatic N) is 1. The van der Waals surface area contributed by atoms with Gasteiger partial charge in [0, 0.05) is 17.7 Å². The second-order valence-corrected chi connectivity index (χ2v) is 7.64. The number of ether oxygens (including phenoxy) is 1. The van der Waals surface area contributed by atoms with Gasteiger partial charge < -0.3 is 10.1 Å². The number of esters is 1. The van der Waals surface area contributed by atoms with Crippen LogP contribution in [-0.2, 0) is 19.1 Å². The second kappa shape index (κ2) is 9.42. The number of hydrogen-bond donors (Lipinski definition) is 2. The summed E-state index contributed by atoms with van der Waals surface area (Å²) in [5.74, 6) is -2.68. The third-order valence-electron chi connectivity index (χ3n) is 5.09. The zero-order valence-electron chi connectivity index (χ0n) is 17.7. The van der Waals surface area contributed by atoms with Crippen LogP contribution in [0.3, 0.4) is 0 Å². The lowest BCUT2D eigenvalue weighted by atomic mass is 10.1. The molecule has 1 atom stereocenters. The van der Waals surface area contributed by atoms with E-state index in [1.54, 1.807) is 31.2 Å². The number of carbonyl (C=O) groups is 4. The highest BCUT2D eigenvalue weighted by atomic mass is 16.5. The smallest absolute Gasteiger partial charge is 0.311 e. The lowest BCUT2D eigenvalue weighted by molar-refractivity contribution is -0.151. The van der Waals surface area contributed by atoms with Crippen molar-refractivity contribution in [1.82, 2.24) is 10.4 Å². The highest BCUT2D eigenvalue weighted by molar-refractivity contribution is 5.98. The van der Waals surface area contributed by atoms with E-state index in [-0.39, 0.29) is 18.9 Å². The Morgan fingerprint density at radius 2 is 1.81 bits per heavy atom. The molecule has 0 aliphatic carbocycles. The maximum atomic E-state index is 12.4. The number of anilines is 1. The number of hydrogen-bond acceptors (Lipinski definition) is 5. The number of carbonyl (C=O) groups excluding carboxylic acids is 4. The first-order valence-corrected chi connectivity index (χ1v) is 9.95. The number of aryl methyl sites for hydroxylation is 3. The molecule has 1 saturated heterocycles. The molecule has 0 spiro atoms. The van der Waals surface area contributed by atoms with Crippen LogP contribution in [-0.4, -0.2) is 41.9 Å². The standard InChI is InChI=1S/C23H25N3O5/c1-14-8-9-19(16(3)10-14)24-20(27)13-31-23(30)17-11-21(28)26(12-17)25-22(29)18-7-5-4-6-15(18)2/h4-10,17H,11-13H2,1-3H3,(H,24,27)(H,25,29)/t17-/m0/s1. The van der Waals surface area contributed by atoms with Crippen molar-refractivity contribution in [1.29, 1.82) is 0 Å². The fourth-order valence-corrected chi connectivity index (χ4v) is 3.38. The minimum Gasteiger partial charge on any atom is -0.455 e. The monoisotopic (exact) mass is 423 g/mol. The Balaban J connectivity index is 1.50. The van der Waals surface area contributed by atoms with Crippen LogP contribution in [0.1, 0.15) is 33.5 Å². The van der Waals surface area contributed by atoms with Crippen molar-refractivity contribution in [3.63, 3.8) is 0 Å². The van der Waals surface area contributed by atoms with Crippen molar-refractivity contribution in [2.24, 2.45) is 5.92 Å². The molecule has 8 heteroatoms. The topological polar surface area (TPSA) is 105 Å². The van der Waals surface area contributed by atoms with Crippen molar-refractivity contribution in [3.05, 3.63) is 64.7 Å². The molecule has 1 fully saturated rings. The molecule has 0 aromatic heterocycles. The van der Waals surface area contributed by atoms with Crippen molar-refractivity contribution >= 4 is 29.4 Å². The van der Waals surface area contributed by atoms with Gasteiger partial charge in [0.2, 0.25) is 5.91 Å². The van der Waals surface area contributed by atoms with E-state index < -0.39 is 30.3 Å². The molecule has 2 aromatic carbocycles. The van der Waals surface area contributed by atoms with E-state index in [4.69, 9.17) is 4.74 Å². The summed E-state index contributed by atoms with van der Waals surface area (Å²) in [5, 5.41) is 3.82. The van der Waals surface area contributed by atoms with E-state index in [9.17, 15) is 19.2 Å².